The van der Waals surface area contributed by atoms with Gasteiger partial charge in [0, 0.05) is 23.0 Å². The van der Waals surface area contributed by atoms with Gasteiger partial charge in [-0.25, -0.2) is 9.18 Å². The standard InChI is InChI=1S/C26H25BrFNO3/c27-23-15-19(14-21(16-23)20-6-8-24(28)9-7-20)17-32-18-26(22-4-2-1-3-5-22)10-12-29(13-11-26)25(30)31/h1-9,14-16H,10-13,17-18H2,(H,30,31). The van der Waals surface area contributed by atoms with E-state index in [1.54, 1.807) is 12.1 Å². The van der Waals surface area contributed by atoms with E-state index in [0.717, 1.165) is 34.0 Å². The molecule has 0 atom stereocenters. The maximum Gasteiger partial charge on any atom is 0.407 e. The fraction of sp³-hybridized carbons (Fsp3) is 0.269. The van der Waals surface area contributed by atoms with Crippen LogP contribution in [0.5, 0.6) is 0 Å². The first-order valence-corrected chi connectivity index (χ1v) is 11.4. The summed E-state index contributed by atoms with van der Waals surface area (Å²) in [5.74, 6) is -0.257. The zero-order valence-corrected chi connectivity index (χ0v) is 19.2. The van der Waals surface area contributed by atoms with Gasteiger partial charge in [0.2, 0.25) is 0 Å². The molecule has 1 N–H and O–H groups in total. The zero-order valence-electron chi connectivity index (χ0n) is 17.6. The number of benzene rings is 3. The second-order valence-corrected chi connectivity index (χ2v) is 9.18. The van der Waals surface area contributed by atoms with Crippen molar-refractivity contribution in [3.8, 4) is 11.1 Å². The lowest BCUT2D eigenvalue weighted by Gasteiger charge is -2.41. The summed E-state index contributed by atoms with van der Waals surface area (Å²) in [7, 11) is 0. The molecular formula is C26H25BrFNO3. The van der Waals surface area contributed by atoms with Gasteiger partial charge in [-0.3, -0.25) is 0 Å². The molecule has 0 saturated carbocycles. The van der Waals surface area contributed by atoms with E-state index in [4.69, 9.17) is 4.74 Å². The number of likely N-dealkylation sites (tertiary alicyclic amines) is 1. The second-order valence-electron chi connectivity index (χ2n) is 8.26. The Hall–Kier alpha value is -2.70. The molecule has 0 bridgehead atoms. The number of nitrogens with zero attached hydrogens (tertiary/aromatic N) is 1. The molecule has 166 valence electrons. The average Bonchev–Trinajstić information content (AvgIpc) is 2.80. The summed E-state index contributed by atoms with van der Waals surface area (Å²) in [6.45, 7) is 1.95. The number of piperidine rings is 1. The summed E-state index contributed by atoms with van der Waals surface area (Å²) in [5.41, 5.74) is 3.93. The van der Waals surface area contributed by atoms with Gasteiger partial charge in [-0.15, -0.1) is 0 Å². The van der Waals surface area contributed by atoms with Crippen molar-refractivity contribution in [1.29, 1.82) is 0 Å². The minimum atomic E-state index is -0.866. The van der Waals surface area contributed by atoms with Crippen molar-refractivity contribution in [1.82, 2.24) is 4.90 Å². The fourth-order valence-electron chi connectivity index (χ4n) is 4.34. The number of carbonyl (C=O) groups is 1. The third kappa shape index (κ3) is 5.19. The summed E-state index contributed by atoms with van der Waals surface area (Å²) in [6, 6.07) is 22.8. The van der Waals surface area contributed by atoms with Crippen LogP contribution in [0.4, 0.5) is 9.18 Å². The first kappa shape index (κ1) is 22.5. The third-order valence-corrected chi connectivity index (χ3v) is 6.62. The molecule has 1 heterocycles. The average molecular weight is 498 g/mol. The molecule has 0 unspecified atom stereocenters. The minimum Gasteiger partial charge on any atom is -0.465 e. The molecule has 1 amide bonds. The Morgan fingerprint density at radius 1 is 1.00 bits per heavy atom. The van der Waals surface area contributed by atoms with Crippen LogP contribution >= 0.6 is 15.9 Å². The SMILES string of the molecule is O=C(O)N1CCC(COCc2cc(Br)cc(-c3ccc(F)cc3)c2)(c2ccccc2)CC1. The van der Waals surface area contributed by atoms with Gasteiger partial charge in [0.15, 0.2) is 0 Å². The van der Waals surface area contributed by atoms with Crippen LogP contribution in [-0.4, -0.2) is 35.8 Å². The highest BCUT2D eigenvalue weighted by Gasteiger charge is 2.37. The van der Waals surface area contributed by atoms with Crippen molar-refractivity contribution in [3.63, 3.8) is 0 Å². The Morgan fingerprint density at radius 2 is 1.69 bits per heavy atom. The second kappa shape index (κ2) is 9.84. The van der Waals surface area contributed by atoms with Crippen LogP contribution in [0.25, 0.3) is 11.1 Å². The molecule has 32 heavy (non-hydrogen) atoms. The monoisotopic (exact) mass is 497 g/mol. The van der Waals surface area contributed by atoms with Gasteiger partial charge in [0.25, 0.3) is 0 Å². The fourth-order valence-corrected chi connectivity index (χ4v) is 4.88. The first-order chi connectivity index (χ1) is 15.4. The maximum atomic E-state index is 13.3. The predicted molar refractivity (Wildman–Crippen MR) is 126 cm³/mol. The van der Waals surface area contributed by atoms with Crippen molar-refractivity contribution in [3.05, 3.63) is 94.2 Å². The van der Waals surface area contributed by atoms with Gasteiger partial charge in [0.05, 0.1) is 13.2 Å². The molecule has 3 aromatic carbocycles. The first-order valence-electron chi connectivity index (χ1n) is 10.6. The normalized spacial score (nSPS) is 15.5. The van der Waals surface area contributed by atoms with Gasteiger partial charge in [-0.2, -0.15) is 0 Å². The maximum absolute atomic E-state index is 13.3. The summed E-state index contributed by atoms with van der Waals surface area (Å²) in [6.07, 6.45) is 0.584. The summed E-state index contributed by atoms with van der Waals surface area (Å²) in [4.78, 5) is 12.8. The van der Waals surface area contributed by atoms with Crippen LogP contribution in [0.1, 0.15) is 24.0 Å². The smallest absolute Gasteiger partial charge is 0.407 e. The molecular weight excluding hydrogens is 473 g/mol. The van der Waals surface area contributed by atoms with Gasteiger partial charge >= 0.3 is 6.09 Å². The van der Waals surface area contributed by atoms with Crippen molar-refractivity contribution in [2.45, 2.75) is 24.9 Å². The van der Waals surface area contributed by atoms with Crippen LogP contribution in [0.2, 0.25) is 0 Å². The van der Waals surface area contributed by atoms with Gasteiger partial charge < -0.3 is 14.7 Å². The lowest BCUT2D eigenvalue weighted by molar-refractivity contribution is 0.0369. The van der Waals surface area contributed by atoms with Gasteiger partial charge in [0.1, 0.15) is 5.82 Å². The molecule has 1 fully saturated rings. The van der Waals surface area contributed by atoms with Crippen LogP contribution in [0, 0.1) is 5.82 Å². The summed E-state index contributed by atoms with van der Waals surface area (Å²) in [5, 5.41) is 9.33. The largest absolute Gasteiger partial charge is 0.465 e. The number of hydrogen-bond donors (Lipinski definition) is 1. The lowest BCUT2D eigenvalue weighted by atomic mass is 9.73. The molecule has 4 rings (SSSR count). The number of amides is 1. The highest BCUT2D eigenvalue weighted by molar-refractivity contribution is 9.10. The van der Waals surface area contributed by atoms with Crippen LogP contribution in [-0.2, 0) is 16.8 Å². The molecule has 4 nitrogen and oxygen atoms in total. The Kier molecular flexibility index (Phi) is 6.92. The van der Waals surface area contributed by atoms with Crippen molar-refractivity contribution < 1.29 is 19.0 Å². The summed E-state index contributed by atoms with van der Waals surface area (Å²) >= 11 is 3.57. The number of ether oxygens (including phenoxy) is 1. The molecule has 3 aromatic rings. The van der Waals surface area contributed by atoms with Gasteiger partial charge in [-0.1, -0.05) is 58.4 Å². The van der Waals surface area contributed by atoms with E-state index < -0.39 is 6.09 Å². The summed E-state index contributed by atoms with van der Waals surface area (Å²) < 4.78 is 20.5. The Morgan fingerprint density at radius 3 is 2.34 bits per heavy atom. The van der Waals surface area contributed by atoms with Gasteiger partial charge in [-0.05, 0) is 65.4 Å². The molecule has 6 heteroatoms. The topological polar surface area (TPSA) is 49.8 Å². The zero-order chi connectivity index (χ0) is 22.6. The van der Waals surface area contributed by atoms with E-state index in [2.05, 4.69) is 34.1 Å². The highest BCUT2D eigenvalue weighted by atomic mass is 79.9. The molecule has 1 aliphatic heterocycles. The Labute approximate surface area is 195 Å². The number of rotatable bonds is 6. The van der Waals surface area contributed by atoms with E-state index in [0.29, 0.717) is 26.3 Å². The predicted octanol–water partition coefficient (Wildman–Crippen LogP) is 6.48. The highest BCUT2D eigenvalue weighted by Crippen LogP contribution is 2.36. The molecule has 0 spiro atoms. The van der Waals surface area contributed by atoms with E-state index in [1.807, 2.05) is 30.3 Å². The third-order valence-electron chi connectivity index (χ3n) is 6.16. The molecule has 0 aromatic heterocycles. The van der Waals surface area contributed by atoms with E-state index in [-0.39, 0.29) is 11.2 Å². The van der Waals surface area contributed by atoms with Crippen LogP contribution in [0.15, 0.2) is 77.3 Å². The Balaban J connectivity index is 1.49. The van der Waals surface area contributed by atoms with Crippen molar-refractivity contribution >= 4 is 22.0 Å². The Bertz CT molecular complexity index is 1060. The van der Waals surface area contributed by atoms with Crippen LogP contribution < -0.4 is 0 Å². The molecule has 1 saturated heterocycles. The van der Waals surface area contributed by atoms with E-state index in [9.17, 15) is 14.3 Å². The lowest BCUT2D eigenvalue weighted by Crippen LogP contribution is -2.46. The van der Waals surface area contributed by atoms with E-state index in [1.165, 1.54) is 22.6 Å². The number of carboxylic acid groups (broad SMARTS) is 1. The molecule has 1 aliphatic rings. The van der Waals surface area contributed by atoms with E-state index >= 15 is 0 Å². The number of halogens is 2. The van der Waals surface area contributed by atoms with Crippen molar-refractivity contribution in [2.24, 2.45) is 0 Å². The molecule has 0 radical (unpaired) electrons. The minimum absolute atomic E-state index is 0.209. The molecule has 0 aliphatic carbocycles. The van der Waals surface area contributed by atoms with Crippen molar-refractivity contribution in [2.75, 3.05) is 19.7 Å². The number of hydrogen-bond acceptors (Lipinski definition) is 2. The van der Waals surface area contributed by atoms with Crippen LogP contribution in [0.3, 0.4) is 0 Å². The quantitative estimate of drug-likeness (QED) is 0.423.